The van der Waals surface area contributed by atoms with Crippen molar-refractivity contribution < 1.29 is 4.79 Å². The number of rotatable bonds is 2. The number of carbonyl (C=O) groups is 1. The van der Waals surface area contributed by atoms with Crippen LogP contribution in [0, 0.1) is 0 Å². The number of nitrogens with zero attached hydrogens (tertiary/aromatic N) is 3. The molecule has 0 spiro atoms. The first-order chi connectivity index (χ1) is 6.24. The molecule has 1 heterocycles. The molecular formula is C8H10N4O. The number of carbonyl (C=O) groups excluding carboxylic acids is 1. The molecule has 1 amide bonds. The van der Waals surface area contributed by atoms with Crippen LogP contribution in [0.3, 0.4) is 0 Å². The standard InChI is InChI=1S/C8H10N4O/c1-2-6(13)12-7(9)8-10-4-3-5-11-8/h3-5H,2H2,1H3,(H2,9,12,13). The molecule has 5 nitrogen and oxygen atoms in total. The molecule has 0 aliphatic carbocycles. The van der Waals surface area contributed by atoms with Gasteiger partial charge in [0.25, 0.3) is 0 Å². The van der Waals surface area contributed by atoms with Crippen LogP contribution in [-0.4, -0.2) is 21.7 Å². The van der Waals surface area contributed by atoms with Gasteiger partial charge in [-0.2, -0.15) is 4.99 Å². The Kier molecular flexibility index (Phi) is 3.08. The summed E-state index contributed by atoms with van der Waals surface area (Å²) < 4.78 is 0. The maximum absolute atomic E-state index is 10.9. The lowest BCUT2D eigenvalue weighted by Gasteiger charge is -1.95. The van der Waals surface area contributed by atoms with Gasteiger partial charge < -0.3 is 5.73 Å². The lowest BCUT2D eigenvalue weighted by molar-refractivity contribution is -0.117. The molecule has 0 aromatic carbocycles. The van der Waals surface area contributed by atoms with Gasteiger partial charge in [-0.15, -0.1) is 0 Å². The Bertz CT molecular complexity index is 320. The number of hydrogen-bond acceptors (Lipinski definition) is 3. The molecule has 0 saturated heterocycles. The molecule has 0 unspecified atom stereocenters. The highest BCUT2D eigenvalue weighted by Gasteiger charge is 2.02. The number of hydrogen-bond donors (Lipinski definition) is 1. The van der Waals surface area contributed by atoms with Crippen LogP contribution in [0.5, 0.6) is 0 Å². The molecular weight excluding hydrogens is 168 g/mol. The number of amidine groups is 1. The molecule has 2 N–H and O–H groups in total. The molecule has 13 heavy (non-hydrogen) atoms. The Balaban J connectivity index is 2.85. The SMILES string of the molecule is CCC(=O)N=C(N)c1ncccn1. The minimum atomic E-state index is -0.273. The van der Waals surface area contributed by atoms with E-state index >= 15 is 0 Å². The first kappa shape index (κ1) is 9.31. The normalized spacial score (nSPS) is 11.3. The molecule has 0 aliphatic rings. The van der Waals surface area contributed by atoms with E-state index in [-0.39, 0.29) is 17.6 Å². The molecule has 68 valence electrons. The first-order valence-corrected chi connectivity index (χ1v) is 3.88. The van der Waals surface area contributed by atoms with Crippen LogP contribution < -0.4 is 5.73 Å². The number of amides is 1. The van der Waals surface area contributed by atoms with E-state index in [9.17, 15) is 4.79 Å². The van der Waals surface area contributed by atoms with Gasteiger partial charge in [0.05, 0.1) is 0 Å². The fourth-order valence-electron chi connectivity index (χ4n) is 0.695. The quantitative estimate of drug-likeness (QED) is 0.515. The molecule has 0 atom stereocenters. The number of aliphatic imine (C=N–C) groups is 1. The van der Waals surface area contributed by atoms with Gasteiger partial charge in [-0.25, -0.2) is 9.97 Å². The zero-order valence-electron chi connectivity index (χ0n) is 7.27. The molecule has 0 saturated carbocycles. The minimum absolute atomic E-state index is 0.0625. The van der Waals surface area contributed by atoms with Crippen LogP contribution in [-0.2, 0) is 4.79 Å². The molecule has 0 bridgehead atoms. The zero-order chi connectivity index (χ0) is 9.68. The van der Waals surface area contributed by atoms with Crippen LogP contribution in [0.15, 0.2) is 23.5 Å². The highest BCUT2D eigenvalue weighted by Crippen LogP contribution is 1.89. The topological polar surface area (TPSA) is 81.2 Å². The molecule has 1 aromatic rings. The van der Waals surface area contributed by atoms with Gasteiger partial charge in [0, 0.05) is 18.8 Å². The van der Waals surface area contributed by atoms with E-state index in [0.29, 0.717) is 6.42 Å². The third-order valence-corrected chi connectivity index (χ3v) is 1.34. The van der Waals surface area contributed by atoms with Crippen molar-refractivity contribution >= 4 is 11.7 Å². The van der Waals surface area contributed by atoms with E-state index in [1.54, 1.807) is 25.4 Å². The predicted molar refractivity (Wildman–Crippen MR) is 48.1 cm³/mol. The largest absolute Gasteiger partial charge is 0.380 e. The van der Waals surface area contributed by atoms with E-state index < -0.39 is 0 Å². The van der Waals surface area contributed by atoms with Crippen LogP contribution >= 0.6 is 0 Å². The predicted octanol–water partition coefficient (Wildman–Crippen LogP) is 0.118. The van der Waals surface area contributed by atoms with Crippen LogP contribution in [0.2, 0.25) is 0 Å². The highest BCUT2D eigenvalue weighted by atomic mass is 16.1. The van der Waals surface area contributed by atoms with E-state index in [4.69, 9.17) is 5.73 Å². The average molecular weight is 178 g/mol. The Labute approximate surface area is 75.7 Å². The molecule has 1 rings (SSSR count). The van der Waals surface area contributed by atoms with Crippen molar-refractivity contribution in [1.29, 1.82) is 0 Å². The summed E-state index contributed by atoms with van der Waals surface area (Å²) in [6.07, 6.45) is 3.41. The van der Waals surface area contributed by atoms with Gasteiger partial charge in [0.1, 0.15) is 0 Å². The van der Waals surface area contributed by atoms with Crippen LogP contribution in [0.1, 0.15) is 19.2 Å². The molecule has 1 aromatic heterocycles. The van der Waals surface area contributed by atoms with Crippen molar-refractivity contribution in [3.05, 3.63) is 24.3 Å². The minimum Gasteiger partial charge on any atom is -0.380 e. The van der Waals surface area contributed by atoms with Gasteiger partial charge in [-0.3, -0.25) is 4.79 Å². The monoisotopic (exact) mass is 178 g/mol. The maximum atomic E-state index is 10.9. The van der Waals surface area contributed by atoms with E-state index in [0.717, 1.165) is 0 Å². The summed E-state index contributed by atoms with van der Waals surface area (Å²) in [7, 11) is 0. The third kappa shape index (κ3) is 2.62. The summed E-state index contributed by atoms with van der Waals surface area (Å²) >= 11 is 0. The zero-order valence-corrected chi connectivity index (χ0v) is 7.27. The van der Waals surface area contributed by atoms with Gasteiger partial charge in [0.2, 0.25) is 5.91 Å². The fraction of sp³-hybridized carbons (Fsp3) is 0.250. The van der Waals surface area contributed by atoms with Crippen molar-refractivity contribution in [2.75, 3.05) is 0 Å². The number of aromatic nitrogens is 2. The molecule has 0 aliphatic heterocycles. The smallest absolute Gasteiger partial charge is 0.247 e. The van der Waals surface area contributed by atoms with Crippen LogP contribution in [0.4, 0.5) is 0 Å². The average Bonchev–Trinajstić information content (AvgIpc) is 2.19. The lowest BCUT2D eigenvalue weighted by Crippen LogP contribution is -2.18. The summed E-state index contributed by atoms with van der Waals surface area (Å²) in [6.45, 7) is 1.71. The summed E-state index contributed by atoms with van der Waals surface area (Å²) in [5, 5.41) is 0. The van der Waals surface area contributed by atoms with Crippen molar-refractivity contribution in [3.63, 3.8) is 0 Å². The lowest BCUT2D eigenvalue weighted by atomic mass is 10.4. The second-order valence-electron chi connectivity index (χ2n) is 2.32. The summed E-state index contributed by atoms with van der Waals surface area (Å²) in [5.41, 5.74) is 5.48. The Morgan fingerprint density at radius 2 is 2.15 bits per heavy atom. The van der Waals surface area contributed by atoms with Crippen molar-refractivity contribution in [3.8, 4) is 0 Å². The van der Waals surface area contributed by atoms with Crippen molar-refractivity contribution in [2.45, 2.75) is 13.3 Å². The molecule has 5 heteroatoms. The summed E-state index contributed by atoms with van der Waals surface area (Å²) in [4.78, 5) is 22.2. The van der Waals surface area contributed by atoms with Gasteiger partial charge >= 0.3 is 0 Å². The maximum Gasteiger partial charge on any atom is 0.247 e. The second kappa shape index (κ2) is 4.30. The fourth-order valence-corrected chi connectivity index (χ4v) is 0.695. The third-order valence-electron chi connectivity index (χ3n) is 1.34. The van der Waals surface area contributed by atoms with Gasteiger partial charge in [-0.1, -0.05) is 6.92 Å². The Morgan fingerprint density at radius 3 is 2.69 bits per heavy atom. The highest BCUT2D eigenvalue weighted by molar-refractivity contribution is 6.01. The Morgan fingerprint density at radius 1 is 1.54 bits per heavy atom. The first-order valence-electron chi connectivity index (χ1n) is 3.88. The van der Waals surface area contributed by atoms with E-state index in [1.165, 1.54) is 0 Å². The van der Waals surface area contributed by atoms with E-state index in [2.05, 4.69) is 15.0 Å². The van der Waals surface area contributed by atoms with Crippen LogP contribution in [0.25, 0.3) is 0 Å². The van der Waals surface area contributed by atoms with Crippen molar-refractivity contribution in [1.82, 2.24) is 9.97 Å². The summed E-state index contributed by atoms with van der Waals surface area (Å²) in [6, 6.07) is 1.67. The molecule has 0 radical (unpaired) electrons. The number of nitrogens with two attached hydrogens (primary N) is 1. The molecule has 0 fully saturated rings. The van der Waals surface area contributed by atoms with Gasteiger partial charge in [-0.05, 0) is 6.07 Å². The van der Waals surface area contributed by atoms with Crippen molar-refractivity contribution in [2.24, 2.45) is 10.7 Å². The summed E-state index contributed by atoms with van der Waals surface area (Å²) in [5.74, 6) is 0.0710. The second-order valence-corrected chi connectivity index (χ2v) is 2.32. The van der Waals surface area contributed by atoms with Gasteiger partial charge in [0.15, 0.2) is 11.7 Å². The Hall–Kier alpha value is -1.78. The van der Waals surface area contributed by atoms with E-state index in [1.807, 2.05) is 0 Å².